The first kappa shape index (κ1) is 21.7. The molecular weight excluding hydrogens is 433 g/mol. The zero-order valence-electron chi connectivity index (χ0n) is 16.9. The van der Waals surface area contributed by atoms with Gasteiger partial charge in [-0.05, 0) is 46.7 Å². The van der Waals surface area contributed by atoms with Gasteiger partial charge in [0.25, 0.3) is 0 Å². The number of furan rings is 1. The lowest BCUT2D eigenvalue weighted by atomic mass is 10.0. The summed E-state index contributed by atoms with van der Waals surface area (Å²) in [5.74, 6) is 1.34. The van der Waals surface area contributed by atoms with Crippen LogP contribution in [-0.2, 0) is 13.1 Å². The molecule has 160 valence electrons. The SMILES string of the molecule is OC(COc1ccc(Cl)cc1Cl)CN(Cc1ccco1)Cc1cccc2ccccc12. The monoisotopic (exact) mass is 455 g/mol. The summed E-state index contributed by atoms with van der Waals surface area (Å²) in [6, 6.07) is 23.4. The summed E-state index contributed by atoms with van der Waals surface area (Å²) in [6.07, 6.45) is 0.949. The molecule has 1 unspecified atom stereocenters. The molecule has 6 heteroatoms. The molecule has 0 aliphatic carbocycles. The van der Waals surface area contributed by atoms with Crippen LogP contribution in [-0.4, -0.2) is 29.3 Å². The first-order valence-electron chi connectivity index (χ1n) is 10.1. The molecule has 4 aromatic rings. The van der Waals surface area contributed by atoms with Crippen molar-refractivity contribution in [1.82, 2.24) is 4.90 Å². The van der Waals surface area contributed by atoms with Gasteiger partial charge in [0.1, 0.15) is 24.2 Å². The molecule has 1 aromatic heterocycles. The maximum Gasteiger partial charge on any atom is 0.138 e. The molecule has 31 heavy (non-hydrogen) atoms. The van der Waals surface area contributed by atoms with Crippen molar-refractivity contribution in [3.8, 4) is 5.75 Å². The molecule has 3 aromatic carbocycles. The van der Waals surface area contributed by atoms with Crippen molar-refractivity contribution in [2.24, 2.45) is 0 Å². The molecule has 0 fully saturated rings. The third kappa shape index (κ3) is 5.81. The first-order chi connectivity index (χ1) is 15.1. The summed E-state index contributed by atoms with van der Waals surface area (Å²) < 4.78 is 11.3. The van der Waals surface area contributed by atoms with Gasteiger partial charge in [-0.2, -0.15) is 0 Å². The summed E-state index contributed by atoms with van der Waals surface area (Å²) in [5, 5.41) is 14.0. The highest BCUT2D eigenvalue weighted by molar-refractivity contribution is 6.35. The summed E-state index contributed by atoms with van der Waals surface area (Å²) in [6.45, 7) is 1.77. The molecule has 0 bridgehead atoms. The summed E-state index contributed by atoms with van der Waals surface area (Å²) in [7, 11) is 0. The standard InChI is InChI=1S/C25H23Cl2NO3/c26-20-10-11-25(24(27)13-20)31-17-21(29)15-28(16-22-8-4-12-30-22)14-19-7-3-6-18-5-1-2-9-23(18)19/h1-13,21,29H,14-17H2. The Morgan fingerprint density at radius 2 is 1.77 bits per heavy atom. The van der Waals surface area contributed by atoms with Gasteiger partial charge in [-0.25, -0.2) is 0 Å². The van der Waals surface area contributed by atoms with Gasteiger partial charge in [0.05, 0.1) is 17.8 Å². The molecule has 0 spiro atoms. The van der Waals surface area contributed by atoms with Gasteiger partial charge < -0.3 is 14.3 Å². The third-order valence-corrected chi connectivity index (χ3v) is 5.56. The van der Waals surface area contributed by atoms with Crippen LogP contribution in [0.4, 0.5) is 0 Å². The summed E-state index contributed by atoms with van der Waals surface area (Å²) in [4.78, 5) is 2.15. The number of hydrogen-bond donors (Lipinski definition) is 1. The molecule has 0 aliphatic rings. The highest BCUT2D eigenvalue weighted by Gasteiger charge is 2.16. The summed E-state index contributed by atoms with van der Waals surface area (Å²) >= 11 is 12.1. The van der Waals surface area contributed by atoms with E-state index in [1.165, 1.54) is 16.3 Å². The van der Waals surface area contributed by atoms with Crippen molar-refractivity contribution in [3.05, 3.63) is 100 Å². The van der Waals surface area contributed by atoms with Crippen LogP contribution in [0.1, 0.15) is 11.3 Å². The van der Waals surface area contributed by atoms with Gasteiger partial charge in [-0.3, -0.25) is 4.90 Å². The lowest BCUT2D eigenvalue weighted by Gasteiger charge is -2.25. The number of halogens is 2. The Balaban J connectivity index is 1.46. The Hall–Kier alpha value is -2.50. The lowest BCUT2D eigenvalue weighted by Crippen LogP contribution is -2.35. The molecule has 0 amide bonds. The maximum atomic E-state index is 10.7. The van der Waals surface area contributed by atoms with Crippen LogP contribution in [0.5, 0.6) is 5.75 Å². The van der Waals surface area contributed by atoms with E-state index in [1.807, 2.05) is 24.3 Å². The topological polar surface area (TPSA) is 45.8 Å². The number of aliphatic hydroxyl groups is 1. The van der Waals surface area contributed by atoms with Crippen LogP contribution < -0.4 is 4.74 Å². The molecule has 0 radical (unpaired) electrons. The minimum Gasteiger partial charge on any atom is -0.489 e. The Labute approximate surface area is 191 Å². The number of nitrogens with zero attached hydrogens (tertiary/aromatic N) is 1. The number of aliphatic hydroxyl groups excluding tert-OH is 1. The van der Waals surface area contributed by atoms with E-state index < -0.39 is 6.10 Å². The van der Waals surface area contributed by atoms with Crippen molar-refractivity contribution in [2.45, 2.75) is 19.2 Å². The number of ether oxygens (including phenoxy) is 1. The van der Waals surface area contributed by atoms with Crippen molar-refractivity contribution in [1.29, 1.82) is 0 Å². The number of rotatable bonds is 9. The second kappa shape index (κ2) is 10.2. The van der Waals surface area contributed by atoms with Crippen LogP contribution in [0.3, 0.4) is 0 Å². The van der Waals surface area contributed by atoms with E-state index in [2.05, 4.69) is 35.2 Å². The lowest BCUT2D eigenvalue weighted by molar-refractivity contribution is 0.0606. The Morgan fingerprint density at radius 1 is 0.935 bits per heavy atom. The van der Waals surface area contributed by atoms with Gasteiger partial charge in [0, 0.05) is 18.1 Å². The molecule has 4 nitrogen and oxygen atoms in total. The van der Waals surface area contributed by atoms with Gasteiger partial charge in [0.15, 0.2) is 0 Å². The van der Waals surface area contributed by atoms with E-state index in [1.54, 1.807) is 24.5 Å². The largest absolute Gasteiger partial charge is 0.489 e. The zero-order chi connectivity index (χ0) is 21.6. The summed E-state index contributed by atoms with van der Waals surface area (Å²) in [5.41, 5.74) is 1.19. The third-order valence-electron chi connectivity index (χ3n) is 5.03. The number of fused-ring (bicyclic) bond motifs is 1. The predicted octanol–water partition coefficient (Wildman–Crippen LogP) is 6.18. The molecule has 0 saturated carbocycles. The Bertz CT molecular complexity index is 1130. The average molecular weight is 456 g/mol. The minimum atomic E-state index is -0.711. The fourth-order valence-corrected chi connectivity index (χ4v) is 4.07. The van der Waals surface area contributed by atoms with Crippen LogP contribution in [0, 0.1) is 0 Å². The Morgan fingerprint density at radius 3 is 2.58 bits per heavy atom. The van der Waals surface area contributed by atoms with Crippen LogP contribution >= 0.6 is 23.2 Å². The van der Waals surface area contributed by atoms with Crippen LogP contribution in [0.2, 0.25) is 10.0 Å². The van der Waals surface area contributed by atoms with Crippen molar-refractivity contribution >= 4 is 34.0 Å². The zero-order valence-corrected chi connectivity index (χ0v) is 18.4. The van der Waals surface area contributed by atoms with Crippen LogP contribution in [0.25, 0.3) is 10.8 Å². The van der Waals surface area contributed by atoms with Crippen molar-refractivity contribution in [3.63, 3.8) is 0 Å². The van der Waals surface area contributed by atoms with E-state index in [0.29, 0.717) is 35.4 Å². The quantitative estimate of drug-likeness (QED) is 0.327. The fourth-order valence-electron chi connectivity index (χ4n) is 3.61. The van der Waals surface area contributed by atoms with Gasteiger partial charge in [-0.15, -0.1) is 0 Å². The van der Waals surface area contributed by atoms with E-state index in [-0.39, 0.29) is 6.61 Å². The molecule has 0 saturated heterocycles. The van der Waals surface area contributed by atoms with Crippen molar-refractivity contribution in [2.75, 3.05) is 13.2 Å². The molecular formula is C25H23Cl2NO3. The molecule has 1 N–H and O–H groups in total. The Kier molecular flexibility index (Phi) is 7.15. The molecule has 0 aliphatic heterocycles. The number of hydrogen-bond acceptors (Lipinski definition) is 4. The van der Waals surface area contributed by atoms with Gasteiger partial charge in [0.2, 0.25) is 0 Å². The number of benzene rings is 3. The predicted molar refractivity (Wildman–Crippen MR) is 125 cm³/mol. The van der Waals surface area contributed by atoms with Crippen LogP contribution in [0.15, 0.2) is 83.5 Å². The van der Waals surface area contributed by atoms with E-state index in [0.717, 1.165) is 5.76 Å². The minimum absolute atomic E-state index is 0.117. The van der Waals surface area contributed by atoms with Gasteiger partial charge >= 0.3 is 0 Å². The first-order valence-corrected chi connectivity index (χ1v) is 10.8. The molecule has 1 atom stereocenters. The fraction of sp³-hybridized carbons (Fsp3) is 0.200. The van der Waals surface area contributed by atoms with E-state index in [9.17, 15) is 5.11 Å². The second-order valence-electron chi connectivity index (χ2n) is 7.43. The molecule has 4 rings (SSSR count). The van der Waals surface area contributed by atoms with E-state index >= 15 is 0 Å². The van der Waals surface area contributed by atoms with Crippen molar-refractivity contribution < 1.29 is 14.3 Å². The average Bonchev–Trinajstić information content (AvgIpc) is 3.26. The highest BCUT2D eigenvalue weighted by Crippen LogP contribution is 2.27. The van der Waals surface area contributed by atoms with Gasteiger partial charge in [-0.1, -0.05) is 65.7 Å². The highest BCUT2D eigenvalue weighted by atomic mass is 35.5. The van der Waals surface area contributed by atoms with E-state index in [4.69, 9.17) is 32.4 Å². The second-order valence-corrected chi connectivity index (χ2v) is 8.27. The maximum absolute atomic E-state index is 10.7. The molecule has 1 heterocycles. The smallest absolute Gasteiger partial charge is 0.138 e. The normalized spacial score (nSPS) is 12.4.